The average molecular weight is 406 g/mol. The van der Waals surface area contributed by atoms with Gasteiger partial charge in [-0.15, -0.1) is 24.8 Å². The Morgan fingerprint density at radius 1 is 1.15 bits per heavy atom. The van der Waals surface area contributed by atoms with Crippen LogP contribution in [0.2, 0.25) is 0 Å². The third kappa shape index (κ3) is 9.19. The summed E-state index contributed by atoms with van der Waals surface area (Å²) in [7, 11) is 0. The first kappa shape index (κ1) is 25.1. The van der Waals surface area contributed by atoms with Gasteiger partial charge in [-0.25, -0.2) is 0 Å². The first-order valence-electron chi connectivity index (χ1n) is 9.08. The zero-order valence-electron chi connectivity index (χ0n) is 15.7. The van der Waals surface area contributed by atoms with E-state index in [0.717, 1.165) is 76.3 Å². The highest BCUT2D eigenvalue weighted by Crippen LogP contribution is 2.19. The van der Waals surface area contributed by atoms with Crippen molar-refractivity contribution in [3.8, 4) is 0 Å². The van der Waals surface area contributed by atoms with Gasteiger partial charge in [0.25, 0.3) is 0 Å². The molecule has 0 aromatic heterocycles. The normalized spacial score (nSPS) is 14.2. The van der Waals surface area contributed by atoms with Gasteiger partial charge in [0.05, 0.1) is 13.2 Å². The number of anilines is 1. The van der Waals surface area contributed by atoms with E-state index in [9.17, 15) is 4.79 Å². The number of carbonyl (C=O) groups is 1. The van der Waals surface area contributed by atoms with Crippen molar-refractivity contribution in [1.82, 2.24) is 4.90 Å². The molecule has 0 aliphatic carbocycles. The molecule has 26 heavy (non-hydrogen) atoms. The second-order valence-corrected chi connectivity index (χ2v) is 6.54. The van der Waals surface area contributed by atoms with E-state index in [1.165, 1.54) is 5.56 Å². The van der Waals surface area contributed by atoms with Crippen LogP contribution in [0.25, 0.3) is 0 Å². The molecular weight excluding hydrogens is 373 g/mol. The number of hydrogen-bond acceptors (Lipinski definition) is 4. The van der Waals surface area contributed by atoms with E-state index < -0.39 is 0 Å². The molecule has 1 heterocycles. The van der Waals surface area contributed by atoms with E-state index in [1.54, 1.807) is 0 Å². The standard InChI is InChI=1S/C19H31N3O2.2ClH/c1-16-7-8-17(15-22-10-12-24-13-11-22)14-18(16)21-19(23)6-4-2-3-5-9-20;;/h7-8,14H,2-6,9-13,15,20H2,1H3,(H,21,23);2*1H. The zero-order chi connectivity index (χ0) is 17.2. The lowest BCUT2D eigenvalue weighted by Crippen LogP contribution is -2.35. The molecule has 0 spiro atoms. The molecule has 1 aliphatic rings. The third-order valence-electron chi connectivity index (χ3n) is 4.44. The maximum Gasteiger partial charge on any atom is 0.224 e. The Hall–Kier alpha value is -0.850. The lowest BCUT2D eigenvalue weighted by molar-refractivity contribution is -0.116. The van der Waals surface area contributed by atoms with Gasteiger partial charge in [-0.3, -0.25) is 9.69 Å². The fraction of sp³-hybridized carbons (Fsp3) is 0.632. The van der Waals surface area contributed by atoms with Crippen LogP contribution in [0, 0.1) is 6.92 Å². The van der Waals surface area contributed by atoms with Crippen molar-refractivity contribution < 1.29 is 9.53 Å². The van der Waals surface area contributed by atoms with Gasteiger partial charge in [-0.05, 0) is 43.5 Å². The number of benzene rings is 1. The van der Waals surface area contributed by atoms with Crippen molar-refractivity contribution in [2.75, 3.05) is 38.2 Å². The van der Waals surface area contributed by atoms with E-state index in [0.29, 0.717) is 6.42 Å². The Morgan fingerprint density at radius 2 is 1.85 bits per heavy atom. The van der Waals surface area contributed by atoms with E-state index in [4.69, 9.17) is 10.5 Å². The lowest BCUT2D eigenvalue weighted by Gasteiger charge is -2.26. The predicted octanol–water partition coefficient (Wildman–Crippen LogP) is 3.52. The Balaban J connectivity index is 0.00000312. The Morgan fingerprint density at radius 3 is 2.54 bits per heavy atom. The van der Waals surface area contributed by atoms with Crippen molar-refractivity contribution >= 4 is 36.4 Å². The maximum atomic E-state index is 12.1. The van der Waals surface area contributed by atoms with Crippen molar-refractivity contribution in [1.29, 1.82) is 0 Å². The van der Waals surface area contributed by atoms with Crippen molar-refractivity contribution in [3.63, 3.8) is 0 Å². The highest BCUT2D eigenvalue weighted by molar-refractivity contribution is 5.91. The second-order valence-electron chi connectivity index (χ2n) is 6.54. The second kappa shape index (κ2) is 14.2. The van der Waals surface area contributed by atoms with Gasteiger partial charge in [0.15, 0.2) is 0 Å². The molecule has 7 heteroatoms. The fourth-order valence-corrected chi connectivity index (χ4v) is 2.92. The van der Waals surface area contributed by atoms with Crippen LogP contribution in [0.15, 0.2) is 18.2 Å². The molecule has 150 valence electrons. The predicted molar refractivity (Wildman–Crippen MR) is 113 cm³/mol. The van der Waals surface area contributed by atoms with Crippen molar-refractivity contribution in [2.24, 2.45) is 5.73 Å². The first-order chi connectivity index (χ1) is 11.7. The summed E-state index contributed by atoms with van der Waals surface area (Å²) in [6.45, 7) is 7.23. The molecule has 5 nitrogen and oxygen atoms in total. The minimum Gasteiger partial charge on any atom is -0.379 e. The maximum absolute atomic E-state index is 12.1. The number of carbonyl (C=O) groups excluding carboxylic acids is 1. The number of nitrogens with zero attached hydrogens (tertiary/aromatic N) is 1. The van der Waals surface area contributed by atoms with Crippen LogP contribution in [-0.4, -0.2) is 43.7 Å². The summed E-state index contributed by atoms with van der Waals surface area (Å²) >= 11 is 0. The number of unbranched alkanes of at least 4 members (excludes halogenated alkanes) is 3. The molecular formula is C19H33Cl2N3O2. The Kier molecular flexibility index (Phi) is 13.8. The minimum absolute atomic E-state index is 0. The highest BCUT2D eigenvalue weighted by Gasteiger charge is 2.12. The lowest BCUT2D eigenvalue weighted by atomic mass is 10.1. The largest absolute Gasteiger partial charge is 0.379 e. The van der Waals surface area contributed by atoms with E-state index in [-0.39, 0.29) is 30.7 Å². The zero-order valence-corrected chi connectivity index (χ0v) is 17.3. The van der Waals surface area contributed by atoms with Crippen LogP contribution >= 0.6 is 24.8 Å². The SMILES string of the molecule is Cc1ccc(CN2CCOCC2)cc1NC(=O)CCCCCCN.Cl.Cl. The van der Waals surface area contributed by atoms with Gasteiger partial charge < -0.3 is 15.8 Å². The Labute approximate surface area is 169 Å². The van der Waals surface area contributed by atoms with E-state index in [1.807, 2.05) is 6.92 Å². The van der Waals surface area contributed by atoms with Gasteiger partial charge in [-0.2, -0.15) is 0 Å². The number of nitrogens with one attached hydrogen (secondary N) is 1. The summed E-state index contributed by atoms with van der Waals surface area (Å²) in [6, 6.07) is 6.34. The quantitative estimate of drug-likeness (QED) is 0.616. The summed E-state index contributed by atoms with van der Waals surface area (Å²) < 4.78 is 5.39. The number of aryl methyl sites for hydroxylation is 1. The molecule has 0 bridgehead atoms. The van der Waals surface area contributed by atoms with E-state index in [2.05, 4.69) is 28.4 Å². The van der Waals surface area contributed by atoms with Crippen LogP contribution in [0.3, 0.4) is 0 Å². The summed E-state index contributed by atoms with van der Waals surface area (Å²) in [4.78, 5) is 14.5. The van der Waals surface area contributed by atoms with Crippen LogP contribution in [0.1, 0.15) is 43.2 Å². The molecule has 1 aliphatic heterocycles. The van der Waals surface area contributed by atoms with Crippen LogP contribution in [0.4, 0.5) is 5.69 Å². The van der Waals surface area contributed by atoms with Gasteiger partial charge in [0, 0.05) is 31.7 Å². The van der Waals surface area contributed by atoms with Gasteiger partial charge in [0.2, 0.25) is 5.91 Å². The molecule has 1 aromatic rings. The van der Waals surface area contributed by atoms with Gasteiger partial charge in [0.1, 0.15) is 0 Å². The van der Waals surface area contributed by atoms with Gasteiger partial charge >= 0.3 is 0 Å². The highest BCUT2D eigenvalue weighted by atomic mass is 35.5. The van der Waals surface area contributed by atoms with Crippen molar-refractivity contribution in [2.45, 2.75) is 45.6 Å². The number of halogens is 2. The van der Waals surface area contributed by atoms with E-state index >= 15 is 0 Å². The molecule has 3 N–H and O–H groups in total. The summed E-state index contributed by atoms with van der Waals surface area (Å²) in [5.41, 5.74) is 8.76. The first-order valence-corrected chi connectivity index (χ1v) is 9.08. The molecule has 0 atom stereocenters. The molecule has 0 radical (unpaired) electrons. The van der Waals surface area contributed by atoms with Crippen LogP contribution < -0.4 is 11.1 Å². The molecule has 1 saturated heterocycles. The topological polar surface area (TPSA) is 67.6 Å². The molecule has 1 aromatic carbocycles. The number of hydrogen-bond donors (Lipinski definition) is 2. The fourth-order valence-electron chi connectivity index (χ4n) is 2.92. The van der Waals surface area contributed by atoms with Crippen LogP contribution in [0.5, 0.6) is 0 Å². The number of rotatable bonds is 9. The Bertz CT molecular complexity index is 524. The number of ether oxygens (including phenoxy) is 1. The smallest absolute Gasteiger partial charge is 0.224 e. The monoisotopic (exact) mass is 405 g/mol. The summed E-state index contributed by atoms with van der Waals surface area (Å²) in [5.74, 6) is 0.106. The molecule has 1 amide bonds. The summed E-state index contributed by atoms with van der Waals surface area (Å²) in [6.07, 6.45) is 4.73. The van der Waals surface area contributed by atoms with Crippen molar-refractivity contribution in [3.05, 3.63) is 29.3 Å². The third-order valence-corrected chi connectivity index (χ3v) is 4.44. The summed E-state index contributed by atoms with van der Waals surface area (Å²) in [5, 5.41) is 3.07. The number of morpholine rings is 1. The van der Waals surface area contributed by atoms with Gasteiger partial charge in [-0.1, -0.05) is 25.0 Å². The van der Waals surface area contributed by atoms with Crippen LogP contribution in [-0.2, 0) is 16.1 Å². The number of nitrogens with two attached hydrogens (primary N) is 1. The molecule has 2 rings (SSSR count). The molecule has 0 saturated carbocycles. The minimum atomic E-state index is 0. The molecule has 1 fully saturated rings. The average Bonchev–Trinajstić information content (AvgIpc) is 2.59. The number of amides is 1. The molecule has 0 unspecified atom stereocenters.